The highest BCUT2D eigenvalue weighted by molar-refractivity contribution is 5.70. The van der Waals surface area contributed by atoms with Crippen molar-refractivity contribution in [3.8, 4) is 28.3 Å². The molecule has 20 heavy (non-hydrogen) atoms. The number of aryl methyl sites for hydroxylation is 1. The van der Waals surface area contributed by atoms with Crippen LogP contribution in [0.25, 0.3) is 22.6 Å². The Labute approximate surface area is 115 Å². The number of benzene rings is 2. The van der Waals surface area contributed by atoms with E-state index < -0.39 is 0 Å². The number of rotatable bonds is 2. The van der Waals surface area contributed by atoms with E-state index in [1.165, 1.54) is 12.1 Å². The normalized spacial score (nSPS) is 10.7. The Balaban J connectivity index is 1.99. The zero-order chi connectivity index (χ0) is 14.1. The van der Waals surface area contributed by atoms with Gasteiger partial charge in [0.25, 0.3) is 0 Å². The molecule has 3 rings (SSSR count). The second-order valence-corrected chi connectivity index (χ2v) is 4.60. The van der Waals surface area contributed by atoms with Gasteiger partial charge in [-0.1, -0.05) is 11.2 Å². The molecule has 0 aliphatic heterocycles. The number of hydrogen-bond acceptors (Lipinski definition) is 3. The lowest BCUT2D eigenvalue weighted by atomic mass is 10.1. The summed E-state index contributed by atoms with van der Waals surface area (Å²) in [6.45, 7) is 1.90. The summed E-state index contributed by atoms with van der Waals surface area (Å²) < 4.78 is 18.1. The van der Waals surface area contributed by atoms with Gasteiger partial charge in [0.15, 0.2) is 5.76 Å². The molecule has 1 N–H and O–H groups in total. The van der Waals surface area contributed by atoms with E-state index in [-0.39, 0.29) is 11.6 Å². The highest BCUT2D eigenvalue weighted by Gasteiger charge is 2.12. The van der Waals surface area contributed by atoms with E-state index in [4.69, 9.17) is 4.52 Å². The van der Waals surface area contributed by atoms with E-state index in [2.05, 4.69) is 5.16 Å². The van der Waals surface area contributed by atoms with Crippen molar-refractivity contribution in [3.05, 3.63) is 59.9 Å². The number of halogens is 1. The fraction of sp³-hybridized carbons (Fsp3) is 0.0625. The van der Waals surface area contributed by atoms with Crippen LogP contribution in [-0.4, -0.2) is 10.3 Å². The molecular formula is C16H12FNO2. The van der Waals surface area contributed by atoms with Gasteiger partial charge >= 0.3 is 0 Å². The molecule has 0 saturated heterocycles. The van der Waals surface area contributed by atoms with Crippen LogP contribution in [0.2, 0.25) is 0 Å². The van der Waals surface area contributed by atoms with Gasteiger partial charge in [0, 0.05) is 11.6 Å². The Kier molecular flexibility index (Phi) is 2.99. The third-order valence-electron chi connectivity index (χ3n) is 3.07. The van der Waals surface area contributed by atoms with Crippen molar-refractivity contribution in [2.45, 2.75) is 6.92 Å². The predicted octanol–water partition coefficient (Wildman–Crippen LogP) is 4.16. The molecule has 0 radical (unpaired) electrons. The summed E-state index contributed by atoms with van der Waals surface area (Å²) in [5.74, 6) is 0.322. The molecule has 0 aliphatic carbocycles. The molecule has 0 saturated carbocycles. The third kappa shape index (κ3) is 2.28. The predicted molar refractivity (Wildman–Crippen MR) is 73.7 cm³/mol. The van der Waals surface area contributed by atoms with Crippen molar-refractivity contribution >= 4 is 0 Å². The quantitative estimate of drug-likeness (QED) is 0.759. The van der Waals surface area contributed by atoms with E-state index in [0.29, 0.717) is 17.0 Å². The molecule has 4 heteroatoms. The summed E-state index contributed by atoms with van der Waals surface area (Å²) in [7, 11) is 0. The third-order valence-corrected chi connectivity index (χ3v) is 3.07. The Morgan fingerprint density at radius 2 is 1.80 bits per heavy atom. The molecular weight excluding hydrogens is 257 g/mol. The average molecular weight is 269 g/mol. The average Bonchev–Trinajstić information content (AvgIpc) is 2.89. The topological polar surface area (TPSA) is 46.3 Å². The number of phenols is 1. The molecule has 2 aromatic carbocycles. The van der Waals surface area contributed by atoms with E-state index in [9.17, 15) is 9.50 Å². The SMILES string of the molecule is Cc1ccc(-c2cc(-c3ccc(F)cc3)no2)c(O)c1. The van der Waals surface area contributed by atoms with Crippen molar-refractivity contribution < 1.29 is 14.0 Å². The van der Waals surface area contributed by atoms with Crippen molar-refractivity contribution in [2.75, 3.05) is 0 Å². The van der Waals surface area contributed by atoms with Crippen molar-refractivity contribution in [1.82, 2.24) is 5.16 Å². The Bertz CT molecular complexity index is 747. The molecule has 0 spiro atoms. The number of aromatic hydroxyl groups is 1. The molecule has 0 bridgehead atoms. The standard InChI is InChI=1S/C16H12FNO2/c1-10-2-7-13(15(19)8-10)16-9-14(18-20-16)11-3-5-12(17)6-4-11/h2-9,19H,1H3. The van der Waals surface area contributed by atoms with E-state index >= 15 is 0 Å². The first-order valence-electron chi connectivity index (χ1n) is 6.16. The van der Waals surface area contributed by atoms with E-state index in [0.717, 1.165) is 11.1 Å². The monoisotopic (exact) mass is 269 g/mol. The lowest BCUT2D eigenvalue weighted by Crippen LogP contribution is -1.78. The molecule has 0 unspecified atom stereocenters. The van der Waals surface area contributed by atoms with Gasteiger partial charge in [0.05, 0.1) is 5.56 Å². The minimum Gasteiger partial charge on any atom is -0.507 e. The van der Waals surface area contributed by atoms with Gasteiger partial charge in [-0.3, -0.25) is 0 Å². The summed E-state index contributed by atoms with van der Waals surface area (Å²) in [5, 5.41) is 13.9. The molecule has 0 aliphatic rings. The summed E-state index contributed by atoms with van der Waals surface area (Å²) >= 11 is 0. The first-order chi connectivity index (χ1) is 9.63. The van der Waals surface area contributed by atoms with Crippen LogP contribution in [-0.2, 0) is 0 Å². The van der Waals surface area contributed by atoms with Gasteiger partial charge in [-0.25, -0.2) is 4.39 Å². The van der Waals surface area contributed by atoms with Crippen LogP contribution in [0.15, 0.2) is 53.1 Å². The van der Waals surface area contributed by atoms with Gasteiger partial charge in [0.2, 0.25) is 0 Å². The maximum Gasteiger partial charge on any atom is 0.171 e. The van der Waals surface area contributed by atoms with Gasteiger partial charge in [-0.15, -0.1) is 0 Å². The summed E-state index contributed by atoms with van der Waals surface area (Å²) in [6.07, 6.45) is 0. The first kappa shape index (κ1) is 12.4. The Morgan fingerprint density at radius 1 is 1.05 bits per heavy atom. The number of nitrogens with zero attached hydrogens (tertiary/aromatic N) is 1. The zero-order valence-corrected chi connectivity index (χ0v) is 10.8. The van der Waals surface area contributed by atoms with Crippen LogP contribution in [0.3, 0.4) is 0 Å². The maximum absolute atomic E-state index is 12.9. The highest BCUT2D eigenvalue weighted by atomic mass is 19.1. The van der Waals surface area contributed by atoms with Gasteiger partial charge in [0.1, 0.15) is 17.3 Å². The van der Waals surface area contributed by atoms with Crippen LogP contribution in [0.1, 0.15) is 5.56 Å². The minimum atomic E-state index is -0.298. The second kappa shape index (κ2) is 4.81. The number of aromatic nitrogens is 1. The van der Waals surface area contributed by atoms with Gasteiger partial charge in [-0.05, 0) is 48.9 Å². The van der Waals surface area contributed by atoms with Crippen LogP contribution < -0.4 is 0 Å². The molecule has 1 heterocycles. The smallest absolute Gasteiger partial charge is 0.171 e. The van der Waals surface area contributed by atoms with Crippen LogP contribution in [0, 0.1) is 12.7 Å². The Morgan fingerprint density at radius 3 is 2.50 bits per heavy atom. The van der Waals surface area contributed by atoms with Crippen molar-refractivity contribution in [1.29, 1.82) is 0 Å². The van der Waals surface area contributed by atoms with Gasteiger partial charge < -0.3 is 9.63 Å². The van der Waals surface area contributed by atoms with E-state index in [1.54, 1.807) is 30.3 Å². The summed E-state index contributed by atoms with van der Waals surface area (Å²) in [6, 6.07) is 13.0. The van der Waals surface area contributed by atoms with Gasteiger partial charge in [-0.2, -0.15) is 0 Å². The molecule has 1 aromatic heterocycles. The van der Waals surface area contributed by atoms with Crippen LogP contribution in [0.5, 0.6) is 5.75 Å². The van der Waals surface area contributed by atoms with E-state index in [1.807, 2.05) is 13.0 Å². The zero-order valence-electron chi connectivity index (χ0n) is 10.8. The molecule has 3 aromatic rings. The lowest BCUT2D eigenvalue weighted by molar-refractivity contribution is 0.428. The maximum atomic E-state index is 12.9. The summed E-state index contributed by atoms with van der Waals surface area (Å²) in [4.78, 5) is 0. The fourth-order valence-corrected chi connectivity index (χ4v) is 2.01. The molecule has 100 valence electrons. The Hall–Kier alpha value is -2.62. The van der Waals surface area contributed by atoms with Crippen molar-refractivity contribution in [2.24, 2.45) is 0 Å². The molecule has 0 amide bonds. The summed E-state index contributed by atoms with van der Waals surface area (Å²) in [5.41, 5.74) is 2.90. The lowest BCUT2D eigenvalue weighted by Gasteiger charge is -2.00. The highest BCUT2D eigenvalue weighted by Crippen LogP contribution is 2.32. The fourth-order valence-electron chi connectivity index (χ4n) is 2.01. The molecule has 0 fully saturated rings. The number of phenolic OH excluding ortho intramolecular Hbond substituents is 1. The number of hydrogen-bond donors (Lipinski definition) is 1. The second-order valence-electron chi connectivity index (χ2n) is 4.60. The van der Waals surface area contributed by atoms with Crippen molar-refractivity contribution in [3.63, 3.8) is 0 Å². The van der Waals surface area contributed by atoms with Crippen LogP contribution >= 0.6 is 0 Å². The molecule has 3 nitrogen and oxygen atoms in total. The first-order valence-corrected chi connectivity index (χ1v) is 6.16. The largest absolute Gasteiger partial charge is 0.507 e. The van der Waals surface area contributed by atoms with Crippen LogP contribution in [0.4, 0.5) is 4.39 Å². The molecule has 0 atom stereocenters. The minimum absolute atomic E-state index is 0.145.